The second-order valence-corrected chi connectivity index (χ2v) is 5.76. The fourth-order valence-corrected chi connectivity index (χ4v) is 3.07. The minimum atomic E-state index is 0.661. The average Bonchev–Trinajstić information content (AvgIpc) is 2.85. The van der Waals surface area contributed by atoms with Crippen LogP contribution in [0.2, 0.25) is 10.0 Å². The molecule has 0 bridgehead atoms. The van der Waals surface area contributed by atoms with Gasteiger partial charge in [0.15, 0.2) is 0 Å². The van der Waals surface area contributed by atoms with Crippen LogP contribution in [0, 0.1) is 0 Å². The molecule has 3 rings (SSSR count). The highest BCUT2D eigenvalue weighted by molar-refractivity contribution is 6.36. The van der Waals surface area contributed by atoms with Crippen molar-refractivity contribution in [3.05, 3.63) is 58.1 Å². The van der Waals surface area contributed by atoms with Gasteiger partial charge in [0.25, 0.3) is 0 Å². The van der Waals surface area contributed by atoms with Gasteiger partial charge >= 0.3 is 0 Å². The third-order valence-corrected chi connectivity index (χ3v) is 4.16. The molecular weight excluding hydrogens is 291 g/mol. The number of hydrogen-bond donors (Lipinski definition) is 1. The lowest BCUT2D eigenvalue weighted by Gasteiger charge is -2.20. The van der Waals surface area contributed by atoms with Crippen LogP contribution in [0.5, 0.6) is 0 Å². The predicted molar refractivity (Wildman–Crippen MR) is 87.3 cm³/mol. The third-order valence-electron chi connectivity index (χ3n) is 3.61. The van der Waals surface area contributed by atoms with E-state index >= 15 is 0 Å². The molecule has 20 heavy (non-hydrogen) atoms. The summed E-state index contributed by atoms with van der Waals surface area (Å²) in [4.78, 5) is 2.41. The summed E-state index contributed by atoms with van der Waals surface area (Å²) in [6, 6.07) is 14.1. The highest BCUT2D eigenvalue weighted by Crippen LogP contribution is 2.28. The van der Waals surface area contributed by atoms with Crippen molar-refractivity contribution in [2.24, 2.45) is 0 Å². The Labute approximate surface area is 129 Å². The molecule has 0 amide bonds. The number of anilines is 2. The van der Waals surface area contributed by atoms with Gasteiger partial charge in [0.2, 0.25) is 0 Å². The second-order valence-electron chi connectivity index (χ2n) is 4.92. The molecule has 2 nitrogen and oxygen atoms in total. The van der Waals surface area contributed by atoms with Gasteiger partial charge < -0.3 is 10.2 Å². The molecule has 0 unspecified atom stereocenters. The van der Waals surface area contributed by atoms with E-state index in [1.807, 2.05) is 12.1 Å². The Morgan fingerprint density at radius 3 is 2.80 bits per heavy atom. The molecule has 0 saturated carbocycles. The van der Waals surface area contributed by atoms with E-state index in [1.165, 1.54) is 11.3 Å². The standard InChI is InChI=1S/C16H16Cl2N2/c17-13-5-6-15(14(18)11-13)19-8-10-20-9-7-12-3-1-2-4-16(12)20/h1-6,11,19H,7-10H2. The zero-order valence-corrected chi connectivity index (χ0v) is 12.6. The quantitative estimate of drug-likeness (QED) is 0.896. The minimum absolute atomic E-state index is 0.661. The van der Waals surface area contributed by atoms with Gasteiger partial charge in [-0.1, -0.05) is 41.4 Å². The highest BCUT2D eigenvalue weighted by Gasteiger charge is 2.17. The minimum Gasteiger partial charge on any atom is -0.382 e. The zero-order valence-electron chi connectivity index (χ0n) is 11.1. The van der Waals surface area contributed by atoms with Crippen LogP contribution in [0.25, 0.3) is 0 Å². The first-order valence-corrected chi connectivity index (χ1v) is 7.51. The summed E-state index contributed by atoms with van der Waals surface area (Å²) in [5, 5.41) is 4.69. The number of rotatable bonds is 4. The molecule has 0 radical (unpaired) electrons. The van der Waals surface area contributed by atoms with Crippen molar-refractivity contribution in [3.8, 4) is 0 Å². The van der Waals surface area contributed by atoms with Crippen molar-refractivity contribution in [2.75, 3.05) is 29.9 Å². The van der Waals surface area contributed by atoms with E-state index in [0.717, 1.165) is 31.7 Å². The second kappa shape index (κ2) is 5.94. The smallest absolute Gasteiger partial charge is 0.0652 e. The monoisotopic (exact) mass is 306 g/mol. The molecule has 1 aliphatic heterocycles. The maximum atomic E-state index is 6.15. The summed E-state index contributed by atoms with van der Waals surface area (Å²) in [6.07, 6.45) is 1.14. The number of halogens is 2. The summed E-state index contributed by atoms with van der Waals surface area (Å²) < 4.78 is 0. The molecule has 1 aliphatic rings. The summed E-state index contributed by atoms with van der Waals surface area (Å²) >= 11 is 12.0. The molecule has 0 saturated heterocycles. The molecule has 1 N–H and O–H groups in total. The van der Waals surface area contributed by atoms with E-state index in [-0.39, 0.29) is 0 Å². The van der Waals surface area contributed by atoms with E-state index in [0.29, 0.717) is 10.0 Å². The first-order chi connectivity index (χ1) is 9.74. The summed E-state index contributed by atoms with van der Waals surface area (Å²) in [5.41, 5.74) is 3.73. The lowest BCUT2D eigenvalue weighted by Crippen LogP contribution is -2.27. The van der Waals surface area contributed by atoms with Gasteiger partial charge in [-0.25, -0.2) is 0 Å². The van der Waals surface area contributed by atoms with Gasteiger partial charge in [-0.05, 0) is 36.2 Å². The maximum Gasteiger partial charge on any atom is 0.0652 e. The van der Waals surface area contributed by atoms with Crippen LogP contribution in [-0.2, 0) is 6.42 Å². The molecule has 104 valence electrons. The van der Waals surface area contributed by atoms with Crippen LogP contribution in [-0.4, -0.2) is 19.6 Å². The average molecular weight is 307 g/mol. The zero-order chi connectivity index (χ0) is 13.9. The third kappa shape index (κ3) is 2.87. The van der Waals surface area contributed by atoms with Gasteiger partial charge in [-0.2, -0.15) is 0 Å². The van der Waals surface area contributed by atoms with E-state index in [4.69, 9.17) is 23.2 Å². The van der Waals surface area contributed by atoms with Crippen molar-refractivity contribution in [3.63, 3.8) is 0 Å². The Morgan fingerprint density at radius 1 is 1.10 bits per heavy atom. The molecule has 0 fully saturated rings. The number of fused-ring (bicyclic) bond motifs is 1. The van der Waals surface area contributed by atoms with E-state index in [9.17, 15) is 0 Å². The van der Waals surface area contributed by atoms with Crippen molar-refractivity contribution >= 4 is 34.6 Å². The molecule has 2 aromatic rings. The van der Waals surface area contributed by atoms with Gasteiger partial charge in [-0.3, -0.25) is 0 Å². The summed E-state index contributed by atoms with van der Waals surface area (Å²) in [5.74, 6) is 0. The Morgan fingerprint density at radius 2 is 1.95 bits per heavy atom. The normalized spacial score (nSPS) is 13.4. The molecule has 1 heterocycles. The lowest BCUT2D eigenvalue weighted by molar-refractivity contribution is 0.839. The molecular formula is C16H16Cl2N2. The van der Waals surface area contributed by atoms with Gasteiger partial charge in [0, 0.05) is 30.3 Å². The van der Waals surface area contributed by atoms with Crippen molar-refractivity contribution < 1.29 is 0 Å². The SMILES string of the molecule is Clc1ccc(NCCN2CCc3ccccc32)c(Cl)c1. The number of nitrogens with zero attached hydrogens (tertiary/aromatic N) is 1. The van der Waals surface area contributed by atoms with Crippen LogP contribution < -0.4 is 10.2 Å². The van der Waals surface area contributed by atoms with Crippen LogP contribution in [0.4, 0.5) is 11.4 Å². The topological polar surface area (TPSA) is 15.3 Å². The molecule has 2 aromatic carbocycles. The van der Waals surface area contributed by atoms with E-state index < -0.39 is 0 Å². The maximum absolute atomic E-state index is 6.15. The Bertz CT molecular complexity index is 613. The van der Waals surface area contributed by atoms with Crippen LogP contribution in [0.3, 0.4) is 0 Å². The van der Waals surface area contributed by atoms with Crippen molar-refractivity contribution in [2.45, 2.75) is 6.42 Å². The fourth-order valence-electron chi connectivity index (χ4n) is 2.60. The van der Waals surface area contributed by atoms with Crippen molar-refractivity contribution in [1.82, 2.24) is 0 Å². The number of benzene rings is 2. The molecule has 0 spiro atoms. The van der Waals surface area contributed by atoms with Crippen molar-refractivity contribution in [1.29, 1.82) is 0 Å². The predicted octanol–water partition coefficient (Wildman–Crippen LogP) is 4.47. The van der Waals surface area contributed by atoms with Gasteiger partial charge in [-0.15, -0.1) is 0 Å². The van der Waals surface area contributed by atoms with Crippen LogP contribution in [0.1, 0.15) is 5.56 Å². The molecule has 0 atom stereocenters. The number of hydrogen-bond acceptors (Lipinski definition) is 2. The molecule has 0 aliphatic carbocycles. The summed E-state index contributed by atoms with van der Waals surface area (Å²) in [6.45, 7) is 2.92. The Balaban J connectivity index is 1.59. The fraction of sp³-hybridized carbons (Fsp3) is 0.250. The largest absolute Gasteiger partial charge is 0.382 e. The van der Waals surface area contributed by atoms with Gasteiger partial charge in [0.05, 0.1) is 10.7 Å². The summed E-state index contributed by atoms with van der Waals surface area (Å²) in [7, 11) is 0. The van der Waals surface area contributed by atoms with Gasteiger partial charge in [0.1, 0.15) is 0 Å². The van der Waals surface area contributed by atoms with Crippen LogP contribution in [0.15, 0.2) is 42.5 Å². The lowest BCUT2D eigenvalue weighted by atomic mass is 10.2. The number of para-hydroxylation sites is 1. The Hall–Kier alpha value is -1.38. The first-order valence-electron chi connectivity index (χ1n) is 6.76. The highest BCUT2D eigenvalue weighted by atomic mass is 35.5. The molecule has 0 aromatic heterocycles. The molecule has 4 heteroatoms. The van der Waals surface area contributed by atoms with Crippen LogP contribution >= 0.6 is 23.2 Å². The van der Waals surface area contributed by atoms with E-state index in [1.54, 1.807) is 6.07 Å². The Kier molecular flexibility index (Phi) is 4.04. The first kappa shape index (κ1) is 13.6. The van der Waals surface area contributed by atoms with E-state index in [2.05, 4.69) is 34.5 Å². The number of nitrogens with one attached hydrogen (secondary N) is 1.